The van der Waals surface area contributed by atoms with Crippen LogP contribution in [0.5, 0.6) is 5.75 Å². The van der Waals surface area contributed by atoms with Gasteiger partial charge >= 0.3 is 5.97 Å². The van der Waals surface area contributed by atoms with Gasteiger partial charge in [-0.1, -0.05) is 12.1 Å². The Morgan fingerprint density at radius 3 is 2.84 bits per heavy atom. The van der Waals surface area contributed by atoms with E-state index in [4.69, 9.17) is 9.47 Å². The normalized spacial score (nSPS) is 10.2. The highest BCUT2D eigenvalue weighted by atomic mass is 32.2. The van der Waals surface area contributed by atoms with E-state index in [1.54, 1.807) is 32.0 Å². The Labute approximate surface area is 149 Å². The van der Waals surface area contributed by atoms with Crippen molar-refractivity contribution in [3.8, 4) is 11.8 Å². The Bertz CT molecular complexity index is 805. The fraction of sp³-hybridized carbons (Fsp3) is 0.278. The third-order valence-corrected chi connectivity index (χ3v) is 4.17. The van der Waals surface area contributed by atoms with Crippen LogP contribution in [0.2, 0.25) is 0 Å². The molecule has 1 aromatic heterocycles. The molecule has 0 bridgehead atoms. The number of carbonyl (C=O) groups excluding carboxylic acids is 1. The summed E-state index contributed by atoms with van der Waals surface area (Å²) < 4.78 is 23.8. The third kappa shape index (κ3) is 4.94. The van der Waals surface area contributed by atoms with Crippen molar-refractivity contribution in [2.24, 2.45) is 0 Å². The van der Waals surface area contributed by atoms with Crippen molar-refractivity contribution in [2.45, 2.75) is 18.9 Å². The number of hydrogen-bond acceptors (Lipinski definition) is 6. The molecule has 25 heavy (non-hydrogen) atoms. The molecular weight excluding hydrogens is 343 g/mol. The number of thioether (sulfide) groups is 1. The summed E-state index contributed by atoms with van der Waals surface area (Å²) in [6.45, 7) is 3.92. The molecule has 1 heterocycles. The molecule has 2 rings (SSSR count). The summed E-state index contributed by atoms with van der Waals surface area (Å²) in [5.74, 6) is -0.249. The molecule has 1 aromatic carbocycles. The predicted molar refractivity (Wildman–Crippen MR) is 92.3 cm³/mol. The Kier molecular flexibility index (Phi) is 6.78. The van der Waals surface area contributed by atoms with Crippen LogP contribution < -0.4 is 4.74 Å². The van der Waals surface area contributed by atoms with E-state index in [0.29, 0.717) is 22.0 Å². The number of nitriles is 1. The van der Waals surface area contributed by atoms with Gasteiger partial charge in [0.25, 0.3) is 0 Å². The van der Waals surface area contributed by atoms with Crippen molar-refractivity contribution < 1.29 is 18.7 Å². The molecule has 0 saturated carbocycles. The summed E-state index contributed by atoms with van der Waals surface area (Å²) in [7, 11) is 0. The predicted octanol–water partition coefficient (Wildman–Crippen LogP) is 3.75. The summed E-state index contributed by atoms with van der Waals surface area (Å²) >= 11 is 1.31. The van der Waals surface area contributed by atoms with Crippen LogP contribution in [0.1, 0.15) is 28.5 Å². The van der Waals surface area contributed by atoms with Gasteiger partial charge in [0.05, 0.1) is 30.0 Å². The average Bonchev–Trinajstić information content (AvgIpc) is 2.60. The summed E-state index contributed by atoms with van der Waals surface area (Å²) in [4.78, 5) is 16.2. The van der Waals surface area contributed by atoms with Gasteiger partial charge in [-0.15, -0.1) is 11.8 Å². The zero-order valence-corrected chi connectivity index (χ0v) is 14.7. The maximum Gasteiger partial charge on any atom is 0.340 e. The number of para-hydroxylation sites is 1. The maximum absolute atomic E-state index is 13.5. The van der Waals surface area contributed by atoms with Crippen LogP contribution in [0.4, 0.5) is 4.39 Å². The van der Waals surface area contributed by atoms with Crippen molar-refractivity contribution in [3.05, 3.63) is 53.0 Å². The molecule has 0 amide bonds. The fourth-order valence-electron chi connectivity index (χ4n) is 2.04. The van der Waals surface area contributed by atoms with Gasteiger partial charge in [0.15, 0.2) is 11.6 Å². The zero-order valence-electron chi connectivity index (χ0n) is 13.9. The highest BCUT2D eigenvalue weighted by Crippen LogP contribution is 2.24. The SMILES string of the molecule is CCOC(=O)c1cc(C#N)c(SCCOc2ccccc2F)nc1C. The van der Waals surface area contributed by atoms with E-state index >= 15 is 0 Å². The van der Waals surface area contributed by atoms with Gasteiger partial charge in [-0.05, 0) is 32.0 Å². The number of pyridine rings is 1. The monoisotopic (exact) mass is 360 g/mol. The van der Waals surface area contributed by atoms with Crippen LogP contribution in [0.3, 0.4) is 0 Å². The third-order valence-electron chi connectivity index (χ3n) is 3.21. The Morgan fingerprint density at radius 1 is 1.40 bits per heavy atom. The van der Waals surface area contributed by atoms with Crippen molar-refractivity contribution in [3.63, 3.8) is 0 Å². The summed E-state index contributed by atoms with van der Waals surface area (Å²) in [5.41, 5.74) is 1.07. The largest absolute Gasteiger partial charge is 0.490 e. The molecule has 7 heteroatoms. The highest BCUT2D eigenvalue weighted by Gasteiger charge is 2.16. The molecule has 0 atom stereocenters. The zero-order chi connectivity index (χ0) is 18.2. The molecule has 130 valence electrons. The van der Waals surface area contributed by atoms with Crippen LogP contribution >= 0.6 is 11.8 Å². The van der Waals surface area contributed by atoms with E-state index in [1.165, 1.54) is 23.9 Å². The maximum atomic E-state index is 13.5. The van der Waals surface area contributed by atoms with Crippen LogP contribution in [0.25, 0.3) is 0 Å². The van der Waals surface area contributed by atoms with Gasteiger partial charge in [0.2, 0.25) is 0 Å². The number of aromatic nitrogens is 1. The van der Waals surface area contributed by atoms with Crippen LogP contribution in [0.15, 0.2) is 35.4 Å². The number of ether oxygens (including phenoxy) is 2. The first-order chi connectivity index (χ1) is 12.1. The van der Waals surface area contributed by atoms with Crippen molar-refractivity contribution in [1.29, 1.82) is 5.26 Å². The molecule has 0 saturated heterocycles. The van der Waals surface area contributed by atoms with Crippen molar-refractivity contribution in [2.75, 3.05) is 19.0 Å². The van der Waals surface area contributed by atoms with Gasteiger partial charge in [-0.25, -0.2) is 14.2 Å². The second-order valence-electron chi connectivity index (χ2n) is 4.93. The summed E-state index contributed by atoms with van der Waals surface area (Å²) in [6, 6.07) is 9.69. The molecule has 5 nitrogen and oxygen atoms in total. The van der Waals surface area contributed by atoms with E-state index in [-0.39, 0.29) is 24.5 Å². The number of carbonyl (C=O) groups is 1. The molecule has 0 fully saturated rings. The van der Waals surface area contributed by atoms with Gasteiger partial charge < -0.3 is 9.47 Å². The molecule has 0 aliphatic carbocycles. The average molecular weight is 360 g/mol. The quantitative estimate of drug-likeness (QED) is 0.425. The Hall–Kier alpha value is -2.59. The first-order valence-electron chi connectivity index (χ1n) is 7.65. The van der Waals surface area contributed by atoms with Gasteiger partial charge in [-0.3, -0.25) is 0 Å². The number of benzene rings is 1. The summed E-state index contributed by atoms with van der Waals surface area (Å²) in [5, 5.41) is 9.78. The van der Waals surface area contributed by atoms with Crippen molar-refractivity contribution >= 4 is 17.7 Å². The molecule has 0 N–H and O–H groups in total. The van der Waals surface area contributed by atoms with Crippen LogP contribution in [0, 0.1) is 24.1 Å². The molecule has 0 aliphatic heterocycles. The Balaban J connectivity index is 2.02. The van der Waals surface area contributed by atoms with Crippen LogP contribution in [-0.4, -0.2) is 29.9 Å². The highest BCUT2D eigenvalue weighted by molar-refractivity contribution is 7.99. The van der Waals surface area contributed by atoms with Crippen LogP contribution in [-0.2, 0) is 4.74 Å². The van der Waals surface area contributed by atoms with E-state index in [9.17, 15) is 14.4 Å². The number of hydrogen-bond donors (Lipinski definition) is 0. The van der Waals surface area contributed by atoms with Gasteiger partial charge in [0.1, 0.15) is 11.1 Å². The van der Waals surface area contributed by atoms with E-state index < -0.39 is 11.8 Å². The molecular formula is C18H17FN2O3S. The van der Waals surface area contributed by atoms with E-state index in [1.807, 2.05) is 6.07 Å². The minimum absolute atomic E-state index is 0.186. The second kappa shape index (κ2) is 9.04. The van der Waals surface area contributed by atoms with Crippen molar-refractivity contribution in [1.82, 2.24) is 4.98 Å². The number of esters is 1. The van der Waals surface area contributed by atoms with Gasteiger partial charge in [0, 0.05) is 5.75 Å². The lowest BCUT2D eigenvalue weighted by Gasteiger charge is -2.10. The molecule has 0 spiro atoms. The lowest BCUT2D eigenvalue weighted by atomic mass is 10.1. The molecule has 0 radical (unpaired) electrons. The van der Waals surface area contributed by atoms with E-state index in [0.717, 1.165) is 0 Å². The minimum Gasteiger partial charge on any atom is -0.490 e. The first kappa shape index (κ1) is 18.7. The summed E-state index contributed by atoms with van der Waals surface area (Å²) in [6.07, 6.45) is 0. The van der Waals surface area contributed by atoms with Gasteiger partial charge in [-0.2, -0.15) is 5.26 Å². The standard InChI is InChI=1S/C18H17FN2O3S/c1-3-23-18(22)14-10-13(11-20)17(21-12(14)2)25-9-8-24-16-7-5-4-6-15(16)19/h4-7,10H,3,8-9H2,1-2H3. The number of rotatable bonds is 7. The molecule has 0 aliphatic rings. The lowest BCUT2D eigenvalue weighted by Crippen LogP contribution is -2.09. The number of halogens is 1. The first-order valence-corrected chi connectivity index (χ1v) is 8.64. The molecule has 2 aromatic rings. The Morgan fingerprint density at radius 2 is 2.16 bits per heavy atom. The minimum atomic E-state index is -0.497. The molecule has 0 unspecified atom stereocenters. The van der Waals surface area contributed by atoms with E-state index in [2.05, 4.69) is 4.98 Å². The fourth-order valence-corrected chi connectivity index (χ4v) is 2.86. The number of aryl methyl sites for hydroxylation is 1. The number of nitrogens with zero attached hydrogens (tertiary/aromatic N) is 2. The second-order valence-corrected chi connectivity index (χ2v) is 6.02. The smallest absolute Gasteiger partial charge is 0.340 e. The lowest BCUT2D eigenvalue weighted by molar-refractivity contribution is 0.0524. The topological polar surface area (TPSA) is 72.2 Å².